The van der Waals surface area contributed by atoms with E-state index < -0.39 is 0 Å². The van der Waals surface area contributed by atoms with E-state index in [4.69, 9.17) is 5.11 Å². The summed E-state index contributed by atoms with van der Waals surface area (Å²) in [5.74, 6) is 0. The number of benzene rings is 1. The summed E-state index contributed by atoms with van der Waals surface area (Å²) in [5.41, 5.74) is 2.80. The molecule has 0 saturated carbocycles. The lowest BCUT2D eigenvalue weighted by Gasteiger charge is -2.03. The minimum atomic E-state index is -0.0882. The zero-order chi connectivity index (χ0) is 8.97. The predicted octanol–water partition coefficient (Wildman–Crippen LogP) is 1.81. The van der Waals surface area contributed by atoms with Gasteiger partial charge in [-0.2, -0.15) is 0 Å². The molecule has 2 N–H and O–H groups in total. The second-order valence-corrected chi connectivity index (χ2v) is 2.26. The third kappa shape index (κ3) is 1.60. The first-order chi connectivity index (χ1) is 5.81. The monoisotopic (exact) mass is 168 g/mol. The Labute approximate surface area is 69.5 Å². The van der Waals surface area contributed by atoms with Gasteiger partial charge < -0.3 is 5.11 Å². The first-order valence-electron chi connectivity index (χ1n) is 3.39. The lowest BCUT2D eigenvalue weighted by atomic mass is 10.2. The van der Waals surface area contributed by atoms with E-state index in [1.54, 1.807) is 12.1 Å². The Morgan fingerprint density at radius 1 is 1.58 bits per heavy atom. The van der Waals surface area contributed by atoms with Crippen LogP contribution in [-0.2, 0) is 6.61 Å². The fourth-order valence-corrected chi connectivity index (χ4v) is 0.886. The summed E-state index contributed by atoms with van der Waals surface area (Å²) in [6, 6.07) is 4.67. The van der Waals surface area contributed by atoms with Crippen molar-refractivity contribution in [3.63, 3.8) is 0 Å². The van der Waals surface area contributed by atoms with Gasteiger partial charge in [-0.3, -0.25) is 4.99 Å². The molecule has 1 rings (SSSR count). The van der Waals surface area contributed by atoms with E-state index in [0.717, 1.165) is 0 Å². The van der Waals surface area contributed by atoms with Gasteiger partial charge in [-0.15, -0.1) is 4.48 Å². The van der Waals surface area contributed by atoms with Gasteiger partial charge in [-0.1, -0.05) is 6.07 Å². The van der Waals surface area contributed by atoms with Gasteiger partial charge >= 0.3 is 0 Å². The number of nitrogens with zero attached hydrogens (tertiary/aromatic N) is 1. The predicted molar refractivity (Wildman–Crippen MR) is 46.3 cm³/mol. The maximum Gasteiger partial charge on any atom is 0.0912 e. The number of anilines is 1. The Balaban J connectivity index is 3.10. The minimum absolute atomic E-state index is 0.0882. The molecule has 0 spiro atoms. The number of hydrogen-bond acceptors (Lipinski definition) is 3. The highest BCUT2D eigenvalue weighted by molar-refractivity contribution is 5.67. The zero-order valence-corrected chi connectivity index (χ0v) is 6.42. The third-order valence-corrected chi connectivity index (χ3v) is 1.52. The van der Waals surface area contributed by atoms with Gasteiger partial charge in [0.2, 0.25) is 0 Å². The van der Waals surface area contributed by atoms with Crippen LogP contribution < -0.4 is 5.54 Å². The van der Waals surface area contributed by atoms with E-state index in [0.29, 0.717) is 11.3 Å². The van der Waals surface area contributed by atoms with E-state index >= 15 is 0 Å². The molecule has 0 fully saturated rings. The van der Waals surface area contributed by atoms with Gasteiger partial charge in [0.25, 0.3) is 0 Å². The standard InChI is InChI=1S/C8H9FN2O/c1-10-8-4-6(5-12)2-3-7(8)11-9/h2-4,11-12H,1,5H2. The number of aliphatic hydroxyl groups is 1. The van der Waals surface area contributed by atoms with E-state index in [9.17, 15) is 4.48 Å². The van der Waals surface area contributed by atoms with Gasteiger partial charge in [-0.05, 0) is 24.4 Å². The van der Waals surface area contributed by atoms with Crippen molar-refractivity contribution in [3.8, 4) is 0 Å². The van der Waals surface area contributed by atoms with E-state index in [1.165, 1.54) is 11.6 Å². The summed E-state index contributed by atoms with van der Waals surface area (Å²) in [7, 11) is 0. The average molecular weight is 168 g/mol. The first kappa shape index (κ1) is 8.67. The highest BCUT2D eigenvalue weighted by atomic mass is 19.2. The maximum atomic E-state index is 12.0. The van der Waals surface area contributed by atoms with E-state index in [1.807, 2.05) is 0 Å². The van der Waals surface area contributed by atoms with E-state index in [2.05, 4.69) is 11.7 Å². The molecular formula is C8H9FN2O. The van der Waals surface area contributed by atoms with Crippen molar-refractivity contribution < 1.29 is 9.59 Å². The van der Waals surface area contributed by atoms with Crippen LogP contribution in [0, 0.1) is 0 Å². The van der Waals surface area contributed by atoms with Crippen molar-refractivity contribution in [3.05, 3.63) is 23.8 Å². The molecule has 0 amide bonds. The highest BCUT2D eigenvalue weighted by Crippen LogP contribution is 2.25. The molecule has 0 aliphatic rings. The molecule has 4 heteroatoms. The Bertz CT molecular complexity index is 288. The van der Waals surface area contributed by atoms with Crippen LogP contribution >= 0.6 is 0 Å². The summed E-state index contributed by atoms with van der Waals surface area (Å²) in [4.78, 5) is 3.59. The summed E-state index contributed by atoms with van der Waals surface area (Å²) in [5, 5.41) is 8.74. The molecule has 0 aromatic heterocycles. The quantitative estimate of drug-likeness (QED) is 0.534. The van der Waals surface area contributed by atoms with Gasteiger partial charge in [0.15, 0.2) is 0 Å². The highest BCUT2D eigenvalue weighted by Gasteiger charge is 2.00. The molecule has 0 aliphatic carbocycles. The molecule has 0 radical (unpaired) electrons. The Morgan fingerprint density at radius 2 is 2.33 bits per heavy atom. The van der Waals surface area contributed by atoms with Gasteiger partial charge in [-0.25, -0.2) is 5.54 Å². The number of rotatable bonds is 3. The fourth-order valence-electron chi connectivity index (χ4n) is 0.886. The van der Waals surface area contributed by atoms with Crippen LogP contribution in [0.4, 0.5) is 15.9 Å². The van der Waals surface area contributed by atoms with Crippen molar-refractivity contribution in [2.45, 2.75) is 6.61 Å². The maximum absolute atomic E-state index is 12.0. The summed E-state index contributed by atoms with van der Waals surface area (Å²) in [6.45, 7) is 3.19. The molecule has 0 heterocycles. The molecule has 64 valence electrons. The number of nitrogens with one attached hydrogen (secondary N) is 1. The van der Waals surface area contributed by atoms with Crippen LogP contribution in [0.1, 0.15) is 5.56 Å². The Morgan fingerprint density at radius 3 is 2.83 bits per heavy atom. The largest absolute Gasteiger partial charge is 0.392 e. The number of aliphatic imine (C=N–C) groups is 1. The molecule has 3 nitrogen and oxygen atoms in total. The van der Waals surface area contributed by atoms with Crippen LogP contribution in [0.3, 0.4) is 0 Å². The number of aliphatic hydroxyl groups excluding tert-OH is 1. The SMILES string of the molecule is C=Nc1cc(CO)ccc1NF. The molecule has 0 atom stereocenters. The second kappa shape index (κ2) is 3.82. The number of halogens is 1. The van der Waals surface area contributed by atoms with Crippen LogP contribution in [0.25, 0.3) is 0 Å². The molecule has 0 saturated heterocycles. The summed E-state index contributed by atoms with van der Waals surface area (Å²) >= 11 is 0. The van der Waals surface area contributed by atoms with Gasteiger partial charge in [0.1, 0.15) is 0 Å². The topological polar surface area (TPSA) is 44.6 Å². The summed E-state index contributed by atoms with van der Waals surface area (Å²) in [6.07, 6.45) is 0. The molecule has 12 heavy (non-hydrogen) atoms. The molecular weight excluding hydrogens is 159 g/mol. The minimum Gasteiger partial charge on any atom is -0.392 e. The van der Waals surface area contributed by atoms with Crippen molar-refractivity contribution in [2.75, 3.05) is 5.54 Å². The third-order valence-electron chi connectivity index (χ3n) is 1.52. The number of hydrogen-bond donors (Lipinski definition) is 2. The van der Waals surface area contributed by atoms with Crippen molar-refractivity contribution in [1.82, 2.24) is 0 Å². The molecule has 0 unspecified atom stereocenters. The van der Waals surface area contributed by atoms with Crippen LogP contribution in [0.2, 0.25) is 0 Å². The fraction of sp³-hybridized carbons (Fsp3) is 0.125. The average Bonchev–Trinajstić information content (AvgIpc) is 2.16. The molecule has 0 bridgehead atoms. The smallest absolute Gasteiger partial charge is 0.0912 e. The van der Waals surface area contributed by atoms with Crippen molar-refractivity contribution in [2.24, 2.45) is 4.99 Å². The lowest BCUT2D eigenvalue weighted by molar-refractivity contribution is 0.282. The molecule has 1 aromatic carbocycles. The molecule has 0 aliphatic heterocycles. The first-order valence-corrected chi connectivity index (χ1v) is 3.39. The Hall–Kier alpha value is -1.42. The van der Waals surface area contributed by atoms with E-state index in [-0.39, 0.29) is 12.3 Å². The zero-order valence-electron chi connectivity index (χ0n) is 6.42. The van der Waals surface area contributed by atoms with Crippen LogP contribution in [0.15, 0.2) is 23.2 Å². The second-order valence-electron chi connectivity index (χ2n) is 2.26. The Kier molecular flexibility index (Phi) is 2.76. The lowest BCUT2D eigenvalue weighted by Crippen LogP contribution is -1.86. The van der Waals surface area contributed by atoms with Gasteiger partial charge in [0, 0.05) is 0 Å². The molecule has 1 aromatic rings. The van der Waals surface area contributed by atoms with Crippen LogP contribution in [0.5, 0.6) is 0 Å². The van der Waals surface area contributed by atoms with Crippen LogP contribution in [-0.4, -0.2) is 11.8 Å². The normalized spacial score (nSPS) is 9.50. The van der Waals surface area contributed by atoms with Crippen molar-refractivity contribution >= 4 is 18.1 Å². The van der Waals surface area contributed by atoms with Crippen molar-refractivity contribution in [1.29, 1.82) is 0 Å². The summed E-state index contributed by atoms with van der Waals surface area (Å²) < 4.78 is 12.0. The van der Waals surface area contributed by atoms with Gasteiger partial charge in [0.05, 0.1) is 18.0 Å².